The van der Waals surface area contributed by atoms with Gasteiger partial charge in [0, 0.05) is 23.8 Å². The van der Waals surface area contributed by atoms with Crippen LogP contribution in [0.1, 0.15) is 35.3 Å². The summed E-state index contributed by atoms with van der Waals surface area (Å²) in [5.74, 6) is 0. The molecule has 0 aliphatic rings. The Morgan fingerprint density at radius 2 is 1.94 bits per heavy atom. The number of nitrogens with one attached hydrogen (secondary N) is 2. The van der Waals surface area contributed by atoms with Crippen LogP contribution < -0.4 is 5.32 Å². The van der Waals surface area contributed by atoms with Gasteiger partial charge in [-0.1, -0.05) is 29.8 Å². The van der Waals surface area contributed by atoms with E-state index in [2.05, 4.69) is 53.6 Å². The fourth-order valence-corrected chi connectivity index (χ4v) is 1.79. The van der Waals surface area contributed by atoms with Crippen LogP contribution in [0.5, 0.6) is 0 Å². The Hall–Kier alpha value is -1.61. The zero-order chi connectivity index (χ0) is 12.3. The largest absolute Gasteiger partial charge is 0.306 e. The molecule has 0 amide bonds. The molecular formula is C14H19N3. The molecule has 17 heavy (non-hydrogen) atoms. The van der Waals surface area contributed by atoms with E-state index in [9.17, 15) is 0 Å². The number of benzene rings is 1. The first-order valence-electron chi connectivity index (χ1n) is 5.95. The molecule has 0 aliphatic carbocycles. The smallest absolute Gasteiger partial charge is 0.0535 e. The fourth-order valence-electron chi connectivity index (χ4n) is 1.79. The Morgan fingerprint density at radius 1 is 1.24 bits per heavy atom. The summed E-state index contributed by atoms with van der Waals surface area (Å²) >= 11 is 0. The third-order valence-corrected chi connectivity index (χ3v) is 3.11. The highest BCUT2D eigenvalue weighted by Gasteiger charge is 2.06. The van der Waals surface area contributed by atoms with Gasteiger partial charge in [0.1, 0.15) is 0 Å². The molecule has 0 radical (unpaired) electrons. The van der Waals surface area contributed by atoms with Gasteiger partial charge in [0.2, 0.25) is 0 Å². The number of aryl methyl sites for hydroxylation is 2. The molecule has 2 rings (SSSR count). The normalized spacial score (nSPS) is 12.6. The van der Waals surface area contributed by atoms with Crippen LogP contribution in [0.4, 0.5) is 0 Å². The monoisotopic (exact) mass is 229 g/mol. The minimum Gasteiger partial charge on any atom is -0.306 e. The van der Waals surface area contributed by atoms with E-state index in [1.165, 1.54) is 16.7 Å². The van der Waals surface area contributed by atoms with Crippen LogP contribution in [0, 0.1) is 13.8 Å². The second-order valence-electron chi connectivity index (χ2n) is 4.53. The van der Waals surface area contributed by atoms with E-state index in [1.54, 1.807) is 0 Å². The number of H-pyrrole nitrogens is 1. The molecule has 0 aliphatic heterocycles. The summed E-state index contributed by atoms with van der Waals surface area (Å²) in [4.78, 5) is 0. The minimum atomic E-state index is 0.352. The summed E-state index contributed by atoms with van der Waals surface area (Å²) < 4.78 is 0. The maximum Gasteiger partial charge on any atom is 0.0535 e. The summed E-state index contributed by atoms with van der Waals surface area (Å²) in [6.45, 7) is 7.18. The fraction of sp³-hybridized carbons (Fsp3) is 0.357. The van der Waals surface area contributed by atoms with Gasteiger partial charge in [0.25, 0.3) is 0 Å². The van der Waals surface area contributed by atoms with E-state index in [0.29, 0.717) is 6.04 Å². The lowest BCUT2D eigenvalue weighted by molar-refractivity contribution is 0.573. The van der Waals surface area contributed by atoms with Gasteiger partial charge in [0.15, 0.2) is 0 Å². The molecular weight excluding hydrogens is 210 g/mol. The SMILES string of the molecule is Cc1ccc([C@H](C)NCc2cn[nH]c2C)cc1. The van der Waals surface area contributed by atoms with Gasteiger partial charge in [-0.2, -0.15) is 5.10 Å². The first kappa shape index (κ1) is 11.9. The molecule has 3 heteroatoms. The average Bonchev–Trinajstić information content (AvgIpc) is 2.73. The van der Waals surface area contributed by atoms with Crippen molar-refractivity contribution in [1.82, 2.24) is 15.5 Å². The number of aromatic amines is 1. The van der Waals surface area contributed by atoms with Crippen molar-refractivity contribution in [3.05, 3.63) is 52.8 Å². The van der Waals surface area contributed by atoms with Gasteiger partial charge >= 0.3 is 0 Å². The molecule has 0 unspecified atom stereocenters. The van der Waals surface area contributed by atoms with Crippen LogP contribution in [0.15, 0.2) is 30.5 Å². The van der Waals surface area contributed by atoms with E-state index in [4.69, 9.17) is 0 Å². The van der Waals surface area contributed by atoms with E-state index in [1.807, 2.05) is 13.1 Å². The predicted molar refractivity (Wildman–Crippen MR) is 69.8 cm³/mol. The van der Waals surface area contributed by atoms with Gasteiger partial charge in [-0.05, 0) is 26.3 Å². The molecule has 1 aromatic carbocycles. The van der Waals surface area contributed by atoms with Crippen LogP contribution in [0.25, 0.3) is 0 Å². The van der Waals surface area contributed by atoms with Gasteiger partial charge in [0.05, 0.1) is 6.20 Å². The molecule has 1 atom stereocenters. The van der Waals surface area contributed by atoms with Crippen LogP contribution in [0.3, 0.4) is 0 Å². The molecule has 3 nitrogen and oxygen atoms in total. The predicted octanol–water partition coefficient (Wildman–Crippen LogP) is 2.88. The van der Waals surface area contributed by atoms with Crippen molar-refractivity contribution in [2.75, 3.05) is 0 Å². The van der Waals surface area contributed by atoms with Crippen LogP contribution >= 0.6 is 0 Å². The lowest BCUT2D eigenvalue weighted by Gasteiger charge is -2.14. The topological polar surface area (TPSA) is 40.7 Å². The van der Waals surface area contributed by atoms with Gasteiger partial charge in [-0.25, -0.2) is 0 Å². The maximum atomic E-state index is 4.02. The van der Waals surface area contributed by atoms with Crippen LogP contribution in [0.2, 0.25) is 0 Å². The molecule has 0 saturated heterocycles. The molecule has 0 spiro atoms. The first-order chi connectivity index (χ1) is 8.16. The zero-order valence-corrected chi connectivity index (χ0v) is 10.6. The summed E-state index contributed by atoms with van der Waals surface area (Å²) in [7, 11) is 0. The van der Waals surface area contributed by atoms with Crippen molar-refractivity contribution < 1.29 is 0 Å². The Balaban J connectivity index is 1.95. The zero-order valence-electron chi connectivity index (χ0n) is 10.6. The molecule has 0 saturated carbocycles. The summed E-state index contributed by atoms with van der Waals surface area (Å²) in [5, 5.41) is 10.5. The highest BCUT2D eigenvalue weighted by molar-refractivity contribution is 5.24. The van der Waals surface area contributed by atoms with Crippen molar-refractivity contribution in [2.24, 2.45) is 0 Å². The van der Waals surface area contributed by atoms with Crippen molar-refractivity contribution in [2.45, 2.75) is 33.4 Å². The van der Waals surface area contributed by atoms with E-state index in [-0.39, 0.29) is 0 Å². The summed E-state index contributed by atoms with van der Waals surface area (Å²) in [6, 6.07) is 9.00. The van der Waals surface area contributed by atoms with Crippen molar-refractivity contribution in [1.29, 1.82) is 0 Å². The van der Waals surface area contributed by atoms with Crippen molar-refractivity contribution >= 4 is 0 Å². The number of hydrogen-bond acceptors (Lipinski definition) is 2. The summed E-state index contributed by atoms with van der Waals surface area (Å²) in [6.07, 6.45) is 1.88. The molecule has 0 fully saturated rings. The van der Waals surface area contributed by atoms with Crippen molar-refractivity contribution in [3.8, 4) is 0 Å². The lowest BCUT2D eigenvalue weighted by Crippen LogP contribution is -2.18. The molecule has 1 aromatic heterocycles. The molecule has 90 valence electrons. The summed E-state index contributed by atoms with van der Waals surface area (Å²) in [5.41, 5.74) is 4.97. The Kier molecular flexibility index (Phi) is 3.59. The van der Waals surface area contributed by atoms with E-state index >= 15 is 0 Å². The van der Waals surface area contributed by atoms with Crippen LogP contribution in [-0.2, 0) is 6.54 Å². The van der Waals surface area contributed by atoms with Gasteiger partial charge in [-0.15, -0.1) is 0 Å². The Bertz CT molecular complexity index is 470. The molecule has 0 bridgehead atoms. The molecule has 2 N–H and O–H groups in total. The average molecular weight is 229 g/mol. The lowest BCUT2D eigenvalue weighted by atomic mass is 10.1. The van der Waals surface area contributed by atoms with E-state index in [0.717, 1.165) is 12.2 Å². The quantitative estimate of drug-likeness (QED) is 0.846. The number of nitrogens with zero attached hydrogens (tertiary/aromatic N) is 1. The van der Waals surface area contributed by atoms with E-state index < -0.39 is 0 Å². The highest BCUT2D eigenvalue weighted by atomic mass is 15.1. The first-order valence-corrected chi connectivity index (χ1v) is 5.95. The Labute approximate surface area is 102 Å². The second kappa shape index (κ2) is 5.15. The molecule has 2 aromatic rings. The van der Waals surface area contributed by atoms with Crippen molar-refractivity contribution in [3.63, 3.8) is 0 Å². The third-order valence-electron chi connectivity index (χ3n) is 3.11. The standard InChI is InChI=1S/C14H19N3/c1-10-4-6-13(7-5-10)11(2)15-8-14-9-16-17-12(14)3/h4-7,9,11,15H,8H2,1-3H3,(H,16,17)/t11-/m0/s1. The number of aromatic nitrogens is 2. The van der Waals surface area contributed by atoms with Gasteiger partial charge in [-0.3, -0.25) is 5.10 Å². The molecule has 1 heterocycles. The number of hydrogen-bond donors (Lipinski definition) is 2. The maximum absolute atomic E-state index is 4.02. The third kappa shape index (κ3) is 2.94. The minimum absolute atomic E-state index is 0.352. The van der Waals surface area contributed by atoms with Crippen LogP contribution in [-0.4, -0.2) is 10.2 Å². The van der Waals surface area contributed by atoms with Gasteiger partial charge < -0.3 is 5.32 Å². The number of rotatable bonds is 4. The second-order valence-corrected chi connectivity index (χ2v) is 4.53. The highest BCUT2D eigenvalue weighted by Crippen LogP contribution is 2.14. The Morgan fingerprint density at radius 3 is 2.53 bits per heavy atom.